The summed E-state index contributed by atoms with van der Waals surface area (Å²) in [5.74, 6) is 0. The van der Waals surface area contributed by atoms with E-state index in [4.69, 9.17) is 23.8 Å². The van der Waals surface area contributed by atoms with Crippen LogP contribution in [0.3, 0.4) is 0 Å². The topological polar surface area (TPSA) is 33.6 Å². The number of hydrogen-bond acceptors (Lipinski definition) is 2. The van der Waals surface area contributed by atoms with E-state index in [9.17, 15) is 0 Å². The average Bonchev–Trinajstić information content (AvgIpc) is 2.12. The molecule has 0 aliphatic carbocycles. The van der Waals surface area contributed by atoms with Crippen molar-refractivity contribution in [2.75, 3.05) is 0 Å². The third kappa shape index (κ3) is 1.14. The van der Waals surface area contributed by atoms with Gasteiger partial charge in [-0.3, -0.25) is 9.67 Å². The third-order valence-electron chi connectivity index (χ3n) is 1.03. The van der Waals surface area contributed by atoms with Crippen molar-refractivity contribution in [2.24, 2.45) is 0 Å². The SMILES string of the molecule is CCn1c(Cl)n[nH]c1=S. The molecule has 1 N–H and O–H groups in total. The van der Waals surface area contributed by atoms with Gasteiger partial charge in [0.1, 0.15) is 0 Å². The lowest BCUT2D eigenvalue weighted by molar-refractivity contribution is 0.748. The summed E-state index contributed by atoms with van der Waals surface area (Å²) >= 11 is 10.4. The fraction of sp³-hybridized carbons (Fsp3) is 0.500. The summed E-state index contributed by atoms with van der Waals surface area (Å²) < 4.78 is 2.28. The molecule has 0 unspecified atom stereocenters. The van der Waals surface area contributed by atoms with Crippen LogP contribution in [0.15, 0.2) is 0 Å². The first-order valence-electron chi connectivity index (χ1n) is 2.56. The zero-order valence-electron chi connectivity index (χ0n) is 4.89. The molecule has 0 fully saturated rings. The second kappa shape index (κ2) is 2.49. The van der Waals surface area contributed by atoms with Crippen LogP contribution in [-0.4, -0.2) is 14.8 Å². The Bertz CT molecular complexity index is 251. The van der Waals surface area contributed by atoms with E-state index in [-0.39, 0.29) is 0 Å². The van der Waals surface area contributed by atoms with Gasteiger partial charge in [-0.2, -0.15) is 0 Å². The molecule has 1 aromatic rings. The maximum atomic E-state index is 5.60. The van der Waals surface area contributed by atoms with Crippen molar-refractivity contribution in [3.8, 4) is 0 Å². The smallest absolute Gasteiger partial charge is 0.223 e. The van der Waals surface area contributed by atoms with Gasteiger partial charge in [0, 0.05) is 6.54 Å². The summed E-state index contributed by atoms with van der Waals surface area (Å²) in [6, 6.07) is 0. The molecule has 0 amide bonds. The lowest BCUT2D eigenvalue weighted by Gasteiger charge is -1.92. The molecule has 0 saturated carbocycles. The Balaban J connectivity index is 3.23. The minimum Gasteiger partial charge on any atom is -0.291 e. The number of H-pyrrole nitrogens is 1. The molecule has 0 aromatic carbocycles. The third-order valence-corrected chi connectivity index (χ3v) is 1.63. The van der Waals surface area contributed by atoms with Crippen LogP contribution < -0.4 is 0 Å². The highest BCUT2D eigenvalue weighted by Crippen LogP contribution is 2.02. The molecule has 1 heterocycles. The minimum atomic E-state index is 0.419. The molecular weight excluding hydrogens is 158 g/mol. The molecule has 1 rings (SSSR count). The van der Waals surface area contributed by atoms with Gasteiger partial charge in [-0.1, -0.05) is 0 Å². The summed E-state index contributed by atoms with van der Waals surface area (Å²) in [6.07, 6.45) is 0. The van der Waals surface area contributed by atoms with E-state index in [1.165, 1.54) is 0 Å². The van der Waals surface area contributed by atoms with Gasteiger partial charge in [0.05, 0.1) is 0 Å². The van der Waals surface area contributed by atoms with Crippen molar-refractivity contribution in [1.29, 1.82) is 0 Å². The zero-order valence-corrected chi connectivity index (χ0v) is 6.46. The van der Waals surface area contributed by atoms with Gasteiger partial charge in [0.15, 0.2) is 4.77 Å². The Labute approximate surface area is 62.7 Å². The molecule has 1 aromatic heterocycles. The van der Waals surface area contributed by atoms with Crippen LogP contribution >= 0.6 is 23.8 Å². The Morgan fingerprint density at radius 3 is 2.78 bits per heavy atom. The molecule has 0 saturated heterocycles. The standard InChI is InChI=1S/C4H6ClN3S/c1-2-8-3(5)6-7-4(8)9/h2H2,1H3,(H,7,9). The number of halogens is 1. The molecule has 5 heteroatoms. The molecule has 0 atom stereocenters. The number of nitrogens with zero attached hydrogens (tertiary/aromatic N) is 2. The fourth-order valence-electron chi connectivity index (χ4n) is 0.573. The molecule has 0 radical (unpaired) electrons. The van der Waals surface area contributed by atoms with E-state index in [0.717, 1.165) is 6.54 Å². The van der Waals surface area contributed by atoms with Gasteiger partial charge in [0.25, 0.3) is 0 Å². The van der Waals surface area contributed by atoms with Crippen LogP contribution in [0.2, 0.25) is 5.28 Å². The van der Waals surface area contributed by atoms with Crippen LogP contribution in [0.1, 0.15) is 6.92 Å². The normalized spacial score (nSPS) is 10.0. The monoisotopic (exact) mass is 163 g/mol. The summed E-state index contributed by atoms with van der Waals surface area (Å²) in [6.45, 7) is 2.71. The van der Waals surface area contributed by atoms with Crippen LogP contribution in [0, 0.1) is 4.77 Å². The predicted octanol–water partition coefficient (Wildman–Crippen LogP) is 1.61. The first kappa shape index (κ1) is 6.77. The van der Waals surface area contributed by atoms with Gasteiger partial charge in [-0.05, 0) is 30.7 Å². The molecule has 0 bridgehead atoms. The first-order chi connectivity index (χ1) is 4.25. The highest BCUT2D eigenvalue weighted by molar-refractivity contribution is 7.71. The van der Waals surface area contributed by atoms with Gasteiger partial charge in [0.2, 0.25) is 5.28 Å². The molecule has 9 heavy (non-hydrogen) atoms. The Kier molecular flexibility index (Phi) is 1.87. The van der Waals surface area contributed by atoms with Gasteiger partial charge in [-0.15, -0.1) is 5.10 Å². The second-order valence-corrected chi connectivity index (χ2v) is 2.27. The average molecular weight is 164 g/mol. The molecule has 50 valence electrons. The second-order valence-electron chi connectivity index (χ2n) is 1.54. The van der Waals surface area contributed by atoms with E-state index in [2.05, 4.69) is 10.2 Å². The molecular formula is C4H6ClN3S. The number of hydrogen-bond donors (Lipinski definition) is 1. The van der Waals surface area contributed by atoms with Crippen LogP contribution in [0.25, 0.3) is 0 Å². The number of aromatic amines is 1. The quantitative estimate of drug-likeness (QED) is 0.639. The lowest BCUT2D eigenvalue weighted by atomic mass is 10.7. The molecule has 0 aliphatic rings. The number of rotatable bonds is 1. The summed E-state index contributed by atoms with van der Waals surface area (Å²) in [4.78, 5) is 0. The largest absolute Gasteiger partial charge is 0.291 e. The molecule has 3 nitrogen and oxygen atoms in total. The zero-order chi connectivity index (χ0) is 6.85. The van der Waals surface area contributed by atoms with E-state index in [0.29, 0.717) is 10.1 Å². The summed E-state index contributed by atoms with van der Waals surface area (Å²) in [5, 5.41) is 6.69. The number of nitrogens with one attached hydrogen (secondary N) is 1. The maximum Gasteiger partial charge on any atom is 0.223 e. The van der Waals surface area contributed by atoms with Gasteiger partial charge < -0.3 is 0 Å². The van der Waals surface area contributed by atoms with Crippen LogP contribution in [0.5, 0.6) is 0 Å². The Morgan fingerprint density at radius 1 is 1.89 bits per heavy atom. The summed E-state index contributed by atoms with van der Waals surface area (Å²) in [7, 11) is 0. The number of aromatic nitrogens is 3. The highest BCUT2D eigenvalue weighted by atomic mass is 35.5. The Morgan fingerprint density at radius 2 is 2.56 bits per heavy atom. The van der Waals surface area contributed by atoms with E-state index < -0.39 is 0 Å². The van der Waals surface area contributed by atoms with Crippen molar-refractivity contribution in [3.05, 3.63) is 10.1 Å². The van der Waals surface area contributed by atoms with Crippen LogP contribution in [-0.2, 0) is 6.54 Å². The first-order valence-corrected chi connectivity index (χ1v) is 3.35. The van der Waals surface area contributed by atoms with E-state index >= 15 is 0 Å². The predicted molar refractivity (Wildman–Crippen MR) is 38.1 cm³/mol. The Hall–Kier alpha value is -0.350. The fourth-order valence-corrected chi connectivity index (χ4v) is 1.13. The maximum absolute atomic E-state index is 5.60. The highest BCUT2D eigenvalue weighted by Gasteiger charge is 1.96. The summed E-state index contributed by atoms with van der Waals surface area (Å²) in [5.41, 5.74) is 0. The van der Waals surface area contributed by atoms with Crippen molar-refractivity contribution in [2.45, 2.75) is 13.5 Å². The van der Waals surface area contributed by atoms with Gasteiger partial charge in [-0.25, -0.2) is 0 Å². The van der Waals surface area contributed by atoms with Crippen molar-refractivity contribution in [1.82, 2.24) is 14.8 Å². The molecule has 0 spiro atoms. The molecule has 0 aliphatic heterocycles. The minimum absolute atomic E-state index is 0.419. The van der Waals surface area contributed by atoms with Crippen LogP contribution in [0.4, 0.5) is 0 Å². The van der Waals surface area contributed by atoms with Crippen molar-refractivity contribution in [3.63, 3.8) is 0 Å². The van der Waals surface area contributed by atoms with Crippen molar-refractivity contribution < 1.29 is 0 Å². The van der Waals surface area contributed by atoms with E-state index in [1.807, 2.05) is 6.92 Å². The van der Waals surface area contributed by atoms with Crippen molar-refractivity contribution >= 4 is 23.8 Å². The van der Waals surface area contributed by atoms with Gasteiger partial charge >= 0.3 is 0 Å². The van der Waals surface area contributed by atoms with E-state index in [1.54, 1.807) is 4.57 Å². The lowest BCUT2D eigenvalue weighted by Crippen LogP contribution is -1.92.